The molecule has 0 saturated carbocycles. The number of rotatable bonds is 6. The van der Waals surface area contributed by atoms with Gasteiger partial charge in [-0.15, -0.1) is 23.7 Å². The van der Waals surface area contributed by atoms with Gasteiger partial charge in [-0.1, -0.05) is 41.7 Å². The number of thiophene rings is 1. The molecule has 2 aromatic carbocycles. The van der Waals surface area contributed by atoms with E-state index < -0.39 is 0 Å². The van der Waals surface area contributed by atoms with Crippen LogP contribution < -0.4 is 10.2 Å². The smallest absolute Gasteiger partial charge is 0.252 e. The van der Waals surface area contributed by atoms with Gasteiger partial charge in [0, 0.05) is 44.7 Å². The maximum Gasteiger partial charge on any atom is 0.252 e. The summed E-state index contributed by atoms with van der Waals surface area (Å²) in [5.41, 5.74) is 6.03. The number of fused-ring (bicyclic) bond motifs is 2. The molecule has 196 valence electrons. The van der Waals surface area contributed by atoms with E-state index in [4.69, 9.17) is 9.97 Å². The van der Waals surface area contributed by atoms with Gasteiger partial charge < -0.3 is 10.2 Å². The highest BCUT2D eigenvalue weighted by Crippen LogP contribution is 2.32. The average Bonchev–Trinajstić information content (AvgIpc) is 3.59. The lowest BCUT2D eigenvalue weighted by molar-refractivity contribution is 0.0949. The highest BCUT2D eigenvalue weighted by molar-refractivity contribution is 7.22. The van der Waals surface area contributed by atoms with Gasteiger partial charge in [0.05, 0.1) is 31.9 Å². The fraction of sp³-hybridized carbons (Fsp3) is 0.276. The first-order chi connectivity index (χ1) is 18.0. The van der Waals surface area contributed by atoms with Crippen LogP contribution in [0.3, 0.4) is 0 Å². The van der Waals surface area contributed by atoms with E-state index in [1.165, 1.54) is 15.8 Å². The van der Waals surface area contributed by atoms with Gasteiger partial charge in [-0.3, -0.25) is 9.69 Å². The second-order valence-corrected chi connectivity index (χ2v) is 11.5. The van der Waals surface area contributed by atoms with Crippen LogP contribution in [0.15, 0.2) is 60.0 Å². The van der Waals surface area contributed by atoms with Crippen molar-refractivity contribution in [1.82, 2.24) is 20.2 Å². The van der Waals surface area contributed by atoms with Gasteiger partial charge in [0.1, 0.15) is 0 Å². The molecule has 1 amide bonds. The van der Waals surface area contributed by atoms with E-state index in [2.05, 4.69) is 41.1 Å². The number of carbonyl (C=O) groups is 1. The Morgan fingerprint density at radius 2 is 1.79 bits per heavy atom. The van der Waals surface area contributed by atoms with Crippen LogP contribution in [0.1, 0.15) is 21.5 Å². The Balaban J connectivity index is 0.00000294. The standard InChI is InChI=1S/C29H29N5OS2.ClH/c1-19-16-20(2)27-25(17-19)32-29(37-27)34-13-11-33(12-14-34)10-9-30-28(35)22-18-24(26-8-5-15-36-26)31-23-7-4-3-6-21(22)23;/h3-8,15-18H,9-14H2,1-2H3,(H,30,35);1H. The number of aryl methyl sites for hydroxylation is 2. The van der Waals surface area contributed by atoms with Crippen molar-refractivity contribution in [3.05, 3.63) is 76.7 Å². The highest BCUT2D eigenvalue weighted by atomic mass is 35.5. The van der Waals surface area contributed by atoms with Crippen molar-refractivity contribution in [1.29, 1.82) is 0 Å². The fourth-order valence-electron chi connectivity index (χ4n) is 5.00. The van der Waals surface area contributed by atoms with E-state index in [0.717, 1.165) is 64.8 Å². The monoisotopic (exact) mass is 563 g/mol. The Morgan fingerprint density at radius 3 is 2.58 bits per heavy atom. The maximum absolute atomic E-state index is 13.2. The van der Waals surface area contributed by atoms with Crippen LogP contribution in [-0.4, -0.2) is 60.0 Å². The first-order valence-corrected chi connectivity index (χ1v) is 14.3. The van der Waals surface area contributed by atoms with E-state index in [-0.39, 0.29) is 18.3 Å². The minimum absolute atomic E-state index is 0. The number of amides is 1. The number of hydrogen-bond donors (Lipinski definition) is 1. The maximum atomic E-state index is 13.2. The molecule has 1 aliphatic rings. The van der Waals surface area contributed by atoms with Crippen molar-refractivity contribution in [3.8, 4) is 10.6 Å². The van der Waals surface area contributed by atoms with E-state index >= 15 is 0 Å². The molecule has 0 aliphatic carbocycles. The van der Waals surface area contributed by atoms with E-state index in [9.17, 15) is 4.79 Å². The molecule has 4 heterocycles. The molecule has 6 rings (SSSR count). The summed E-state index contributed by atoms with van der Waals surface area (Å²) in [6.45, 7) is 9.57. The molecule has 0 radical (unpaired) electrons. The lowest BCUT2D eigenvalue weighted by atomic mass is 10.1. The third-order valence-corrected chi connectivity index (χ3v) is 9.06. The minimum Gasteiger partial charge on any atom is -0.351 e. The topological polar surface area (TPSA) is 61.4 Å². The number of benzene rings is 2. The number of thiazole rings is 1. The predicted molar refractivity (Wildman–Crippen MR) is 162 cm³/mol. The Bertz CT molecular complexity index is 1580. The molecule has 0 bridgehead atoms. The third kappa shape index (κ3) is 5.40. The van der Waals surface area contributed by atoms with Gasteiger partial charge in [0.15, 0.2) is 5.13 Å². The Hall–Kier alpha value is -3.04. The van der Waals surface area contributed by atoms with Crippen LogP contribution in [0.5, 0.6) is 0 Å². The number of piperazine rings is 1. The summed E-state index contributed by atoms with van der Waals surface area (Å²) in [6, 6.07) is 18.2. The van der Waals surface area contributed by atoms with Gasteiger partial charge in [0.25, 0.3) is 5.91 Å². The van der Waals surface area contributed by atoms with Crippen molar-refractivity contribution in [2.24, 2.45) is 0 Å². The Morgan fingerprint density at radius 1 is 0.974 bits per heavy atom. The molecule has 0 atom stereocenters. The van der Waals surface area contributed by atoms with E-state index in [1.54, 1.807) is 22.7 Å². The first-order valence-electron chi connectivity index (χ1n) is 12.6. The third-order valence-electron chi connectivity index (χ3n) is 6.90. The van der Waals surface area contributed by atoms with Crippen LogP contribution in [-0.2, 0) is 0 Å². The molecule has 5 aromatic rings. The van der Waals surface area contributed by atoms with Crippen LogP contribution in [0.4, 0.5) is 5.13 Å². The van der Waals surface area contributed by atoms with Crippen molar-refractivity contribution >= 4 is 67.2 Å². The zero-order valence-electron chi connectivity index (χ0n) is 21.4. The second kappa shape index (κ2) is 11.4. The number of anilines is 1. The predicted octanol–water partition coefficient (Wildman–Crippen LogP) is 6.16. The molecule has 9 heteroatoms. The average molecular weight is 564 g/mol. The lowest BCUT2D eigenvalue weighted by Gasteiger charge is -2.34. The Labute approximate surface area is 236 Å². The van der Waals surface area contributed by atoms with Crippen LogP contribution in [0, 0.1) is 13.8 Å². The van der Waals surface area contributed by atoms with Gasteiger partial charge in [-0.25, -0.2) is 9.97 Å². The van der Waals surface area contributed by atoms with Gasteiger partial charge in [-0.05, 0) is 54.6 Å². The quantitative estimate of drug-likeness (QED) is 0.268. The number of nitrogens with zero attached hydrogens (tertiary/aromatic N) is 4. The summed E-state index contributed by atoms with van der Waals surface area (Å²) in [6.07, 6.45) is 0. The number of pyridine rings is 1. The normalized spacial score (nSPS) is 14.1. The largest absolute Gasteiger partial charge is 0.351 e. The number of aromatic nitrogens is 2. The molecule has 0 spiro atoms. The van der Waals surface area contributed by atoms with Crippen molar-refractivity contribution in [2.75, 3.05) is 44.2 Å². The number of hydrogen-bond acceptors (Lipinski definition) is 7. The number of halogens is 1. The van der Waals surface area contributed by atoms with Gasteiger partial charge in [-0.2, -0.15) is 0 Å². The van der Waals surface area contributed by atoms with Crippen molar-refractivity contribution in [3.63, 3.8) is 0 Å². The Kier molecular flexibility index (Phi) is 7.95. The van der Waals surface area contributed by atoms with Crippen LogP contribution >= 0.6 is 35.1 Å². The SMILES string of the molecule is Cc1cc(C)c2sc(N3CCN(CCNC(=O)c4cc(-c5cccs5)nc5ccccc45)CC3)nc2c1.Cl. The van der Waals surface area contributed by atoms with Crippen LogP contribution in [0.25, 0.3) is 31.7 Å². The molecule has 1 fully saturated rings. The summed E-state index contributed by atoms with van der Waals surface area (Å²) in [5.74, 6) is -0.0461. The van der Waals surface area contributed by atoms with E-state index in [1.807, 2.05) is 47.8 Å². The van der Waals surface area contributed by atoms with Gasteiger partial charge in [0.2, 0.25) is 0 Å². The molecular weight excluding hydrogens is 534 g/mol. The number of para-hydroxylation sites is 1. The zero-order valence-corrected chi connectivity index (χ0v) is 23.9. The molecule has 6 nitrogen and oxygen atoms in total. The molecule has 1 aliphatic heterocycles. The molecule has 3 aromatic heterocycles. The zero-order chi connectivity index (χ0) is 25.4. The lowest BCUT2D eigenvalue weighted by Crippen LogP contribution is -2.48. The molecule has 1 N–H and O–H groups in total. The number of carbonyl (C=O) groups excluding carboxylic acids is 1. The van der Waals surface area contributed by atoms with Crippen molar-refractivity contribution < 1.29 is 4.79 Å². The van der Waals surface area contributed by atoms with Crippen LogP contribution in [0.2, 0.25) is 0 Å². The van der Waals surface area contributed by atoms with Gasteiger partial charge >= 0.3 is 0 Å². The molecule has 38 heavy (non-hydrogen) atoms. The van der Waals surface area contributed by atoms with E-state index in [0.29, 0.717) is 12.1 Å². The first kappa shape index (κ1) is 26.6. The summed E-state index contributed by atoms with van der Waals surface area (Å²) < 4.78 is 1.29. The molecule has 0 unspecified atom stereocenters. The van der Waals surface area contributed by atoms with Crippen molar-refractivity contribution in [2.45, 2.75) is 13.8 Å². The summed E-state index contributed by atoms with van der Waals surface area (Å²) >= 11 is 3.43. The number of nitrogens with one attached hydrogen (secondary N) is 1. The second-order valence-electron chi connectivity index (χ2n) is 9.56. The summed E-state index contributed by atoms with van der Waals surface area (Å²) in [5, 5.41) is 7.18. The summed E-state index contributed by atoms with van der Waals surface area (Å²) in [7, 11) is 0. The molecule has 1 saturated heterocycles. The summed E-state index contributed by atoms with van der Waals surface area (Å²) in [4.78, 5) is 28.8. The molecular formula is C29H30ClN5OS2. The minimum atomic E-state index is -0.0461. The fourth-order valence-corrected chi connectivity index (χ4v) is 6.75. The highest BCUT2D eigenvalue weighted by Gasteiger charge is 2.21.